The van der Waals surface area contributed by atoms with Gasteiger partial charge in [0, 0.05) is 16.2 Å². The fraction of sp³-hybridized carbons (Fsp3) is 0.167. The van der Waals surface area contributed by atoms with Gasteiger partial charge < -0.3 is 5.32 Å². The molecule has 2 aromatic rings. The van der Waals surface area contributed by atoms with Gasteiger partial charge in [-0.25, -0.2) is 0 Å². The minimum absolute atomic E-state index is 0.252. The van der Waals surface area contributed by atoms with E-state index in [2.05, 4.69) is 39.6 Å². The van der Waals surface area contributed by atoms with E-state index in [0.29, 0.717) is 0 Å². The molecule has 1 nitrogen and oxygen atoms in total. The number of thiophene rings is 1. The zero-order valence-corrected chi connectivity index (χ0v) is 11.9. The molecule has 84 valence electrons. The molecule has 0 saturated heterocycles. The summed E-state index contributed by atoms with van der Waals surface area (Å²) in [5, 5.41) is 5.52. The monoisotopic (exact) mass is 315 g/mol. The van der Waals surface area contributed by atoms with E-state index in [-0.39, 0.29) is 6.04 Å². The second-order valence-electron chi connectivity index (χ2n) is 3.53. The molecule has 0 fully saturated rings. The van der Waals surface area contributed by atoms with Crippen LogP contribution in [-0.4, -0.2) is 0 Å². The highest BCUT2D eigenvalue weighted by molar-refractivity contribution is 9.10. The van der Waals surface area contributed by atoms with Gasteiger partial charge in [0.1, 0.15) is 0 Å². The van der Waals surface area contributed by atoms with Crippen LogP contribution < -0.4 is 5.32 Å². The molecule has 4 heteroatoms. The van der Waals surface area contributed by atoms with Crippen LogP contribution in [0.15, 0.2) is 40.2 Å². The van der Waals surface area contributed by atoms with Crippen LogP contribution in [0.1, 0.15) is 18.5 Å². The Hall–Kier alpha value is -0.510. The number of halogens is 2. The average Bonchev–Trinajstić information content (AvgIpc) is 2.68. The van der Waals surface area contributed by atoms with Crippen molar-refractivity contribution in [1.29, 1.82) is 0 Å². The van der Waals surface area contributed by atoms with E-state index < -0.39 is 0 Å². The maximum absolute atomic E-state index is 5.92. The van der Waals surface area contributed by atoms with Gasteiger partial charge in [-0.05, 0) is 52.0 Å². The van der Waals surface area contributed by atoms with Crippen molar-refractivity contribution < 1.29 is 0 Å². The van der Waals surface area contributed by atoms with Crippen LogP contribution >= 0.6 is 38.9 Å². The van der Waals surface area contributed by atoms with Gasteiger partial charge in [0.2, 0.25) is 0 Å². The lowest BCUT2D eigenvalue weighted by Gasteiger charge is -2.15. The van der Waals surface area contributed by atoms with Crippen LogP contribution in [0.5, 0.6) is 0 Å². The van der Waals surface area contributed by atoms with E-state index in [4.69, 9.17) is 11.6 Å². The van der Waals surface area contributed by atoms with Crippen molar-refractivity contribution in [3.8, 4) is 0 Å². The van der Waals surface area contributed by atoms with Crippen molar-refractivity contribution in [3.05, 3.63) is 50.1 Å². The SMILES string of the molecule is CC(Nc1ccccc1Br)c1csc(Cl)c1. The van der Waals surface area contributed by atoms with Gasteiger partial charge in [-0.15, -0.1) is 11.3 Å². The number of hydrogen-bond donors (Lipinski definition) is 1. The molecule has 1 aromatic carbocycles. The summed E-state index contributed by atoms with van der Waals surface area (Å²) in [7, 11) is 0. The van der Waals surface area contributed by atoms with Gasteiger partial charge in [0.15, 0.2) is 0 Å². The van der Waals surface area contributed by atoms with Crippen LogP contribution in [0.4, 0.5) is 5.69 Å². The molecule has 0 aliphatic heterocycles. The maximum Gasteiger partial charge on any atom is 0.0931 e. The molecular weight excluding hydrogens is 306 g/mol. The Kier molecular flexibility index (Phi) is 3.90. The molecule has 2 rings (SSSR count). The highest BCUT2D eigenvalue weighted by atomic mass is 79.9. The summed E-state index contributed by atoms with van der Waals surface area (Å²) in [6.07, 6.45) is 0. The minimum Gasteiger partial charge on any atom is -0.378 e. The number of hydrogen-bond acceptors (Lipinski definition) is 2. The standard InChI is InChI=1S/C12H11BrClNS/c1-8(9-6-12(14)16-7-9)15-11-5-3-2-4-10(11)13/h2-8,15H,1H3. The van der Waals surface area contributed by atoms with Crippen LogP contribution in [-0.2, 0) is 0 Å². The summed E-state index contributed by atoms with van der Waals surface area (Å²) in [4.78, 5) is 0. The molecule has 0 amide bonds. The van der Waals surface area contributed by atoms with E-state index in [1.165, 1.54) is 5.56 Å². The predicted octanol–water partition coefficient (Wildman–Crippen LogP) is 5.34. The Morgan fingerprint density at radius 2 is 2.12 bits per heavy atom. The number of anilines is 1. The summed E-state index contributed by atoms with van der Waals surface area (Å²) in [6, 6.07) is 10.3. The van der Waals surface area contributed by atoms with Crippen LogP contribution in [0, 0.1) is 0 Å². The fourth-order valence-corrected chi connectivity index (χ4v) is 2.83. The average molecular weight is 317 g/mol. The fourth-order valence-electron chi connectivity index (χ4n) is 1.45. The molecule has 0 radical (unpaired) electrons. The van der Waals surface area contributed by atoms with E-state index in [1.807, 2.05) is 24.3 Å². The molecule has 0 spiro atoms. The first-order chi connectivity index (χ1) is 7.66. The molecule has 0 bridgehead atoms. The summed E-state index contributed by atoms with van der Waals surface area (Å²) in [5.41, 5.74) is 2.31. The number of nitrogens with one attached hydrogen (secondary N) is 1. The number of rotatable bonds is 3. The quantitative estimate of drug-likeness (QED) is 0.806. The molecule has 16 heavy (non-hydrogen) atoms. The molecule has 0 aliphatic carbocycles. The third kappa shape index (κ3) is 2.78. The molecule has 1 heterocycles. The van der Waals surface area contributed by atoms with E-state index in [9.17, 15) is 0 Å². The summed E-state index contributed by atoms with van der Waals surface area (Å²) >= 11 is 11.0. The normalized spacial score (nSPS) is 12.4. The molecule has 0 aliphatic rings. The second kappa shape index (κ2) is 5.21. The third-order valence-corrected chi connectivity index (χ3v) is 4.13. The Balaban J connectivity index is 2.13. The van der Waals surface area contributed by atoms with Crippen molar-refractivity contribution in [1.82, 2.24) is 0 Å². The first kappa shape index (κ1) is 12.0. The zero-order valence-electron chi connectivity index (χ0n) is 8.71. The lowest BCUT2D eigenvalue weighted by atomic mass is 10.1. The predicted molar refractivity (Wildman–Crippen MR) is 75.5 cm³/mol. The number of benzene rings is 1. The minimum atomic E-state index is 0.252. The van der Waals surface area contributed by atoms with Crippen molar-refractivity contribution in [3.63, 3.8) is 0 Å². The Morgan fingerprint density at radius 3 is 2.75 bits per heavy atom. The van der Waals surface area contributed by atoms with E-state index in [0.717, 1.165) is 14.5 Å². The van der Waals surface area contributed by atoms with Gasteiger partial charge >= 0.3 is 0 Å². The first-order valence-corrected chi connectivity index (χ1v) is 6.97. The number of para-hydroxylation sites is 1. The van der Waals surface area contributed by atoms with Crippen molar-refractivity contribution >= 4 is 44.6 Å². The lowest BCUT2D eigenvalue weighted by Crippen LogP contribution is -2.05. The van der Waals surface area contributed by atoms with Gasteiger partial charge in [0.25, 0.3) is 0 Å². The topological polar surface area (TPSA) is 12.0 Å². The zero-order chi connectivity index (χ0) is 11.5. The van der Waals surface area contributed by atoms with Gasteiger partial charge in [-0.3, -0.25) is 0 Å². The molecular formula is C12H11BrClNS. The van der Waals surface area contributed by atoms with Gasteiger partial charge in [0.05, 0.1) is 4.34 Å². The second-order valence-corrected chi connectivity index (χ2v) is 5.93. The molecule has 1 atom stereocenters. The largest absolute Gasteiger partial charge is 0.378 e. The van der Waals surface area contributed by atoms with Gasteiger partial charge in [-0.2, -0.15) is 0 Å². The maximum atomic E-state index is 5.92. The summed E-state index contributed by atoms with van der Waals surface area (Å²) in [6.45, 7) is 2.12. The molecule has 1 aromatic heterocycles. The van der Waals surface area contributed by atoms with E-state index >= 15 is 0 Å². The summed E-state index contributed by atoms with van der Waals surface area (Å²) in [5.74, 6) is 0. The summed E-state index contributed by atoms with van der Waals surface area (Å²) < 4.78 is 1.90. The van der Waals surface area contributed by atoms with Crippen molar-refractivity contribution in [2.24, 2.45) is 0 Å². The van der Waals surface area contributed by atoms with Crippen LogP contribution in [0.2, 0.25) is 4.34 Å². The van der Waals surface area contributed by atoms with Crippen molar-refractivity contribution in [2.75, 3.05) is 5.32 Å². The molecule has 0 saturated carbocycles. The smallest absolute Gasteiger partial charge is 0.0931 e. The van der Waals surface area contributed by atoms with Gasteiger partial charge in [-0.1, -0.05) is 23.7 Å². The Morgan fingerprint density at radius 1 is 1.38 bits per heavy atom. The van der Waals surface area contributed by atoms with Crippen LogP contribution in [0.3, 0.4) is 0 Å². The van der Waals surface area contributed by atoms with Crippen molar-refractivity contribution in [2.45, 2.75) is 13.0 Å². The Labute approximate surface area is 113 Å². The highest BCUT2D eigenvalue weighted by Crippen LogP contribution is 2.29. The third-order valence-electron chi connectivity index (χ3n) is 2.33. The molecule has 1 N–H and O–H groups in total. The van der Waals surface area contributed by atoms with Crippen LogP contribution in [0.25, 0.3) is 0 Å². The Bertz CT molecular complexity index is 483. The molecule has 1 unspecified atom stereocenters. The first-order valence-electron chi connectivity index (χ1n) is 4.92. The highest BCUT2D eigenvalue weighted by Gasteiger charge is 2.08. The van der Waals surface area contributed by atoms with E-state index in [1.54, 1.807) is 11.3 Å². The lowest BCUT2D eigenvalue weighted by molar-refractivity contribution is 0.889.